The Kier molecular flexibility index (Phi) is 3.74. The first-order valence-corrected chi connectivity index (χ1v) is 6.68. The number of hydrogen-bond acceptors (Lipinski definition) is 3. The van der Waals surface area contributed by atoms with E-state index < -0.39 is 0 Å². The van der Waals surface area contributed by atoms with Crippen LogP contribution in [0.25, 0.3) is 5.69 Å². The molecule has 1 aromatic heterocycles. The van der Waals surface area contributed by atoms with Gasteiger partial charge in [0.1, 0.15) is 5.75 Å². The summed E-state index contributed by atoms with van der Waals surface area (Å²) in [5.74, 6) is 0.148. The van der Waals surface area contributed by atoms with E-state index in [1.807, 2.05) is 24.3 Å². The molecule has 6 heteroatoms. The smallest absolute Gasteiger partial charge is 0.323 e. The number of amides is 2. The first kappa shape index (κ1) is 13.7. The lowest BCUT2D eigenvalue weighted by atomic mass is 10.2. The van der Waals surface area contributed by atoms with Gasteiger partial charge in [0.2, 0.25) is 0 Å². The van der Waals surface area contributed by atoms with Crippen LogP contribution in [-0.4, -0.2) is 20.9 Å². The third-order valence-corrected chi connectivity index (χ3v) is 3.03. The number of phenolic OH excluding ortho intramolecular Hbond substituents is 1. The molecule has 0 spiro atoms. The van der Waals surface area contributed by atoms with Crippen molar-refractivity contribution < 1.29 is 9.90 Å². The van der Waals surface area contributed by atoms with Crippen molar-refractivity contribution in [1.82, 2.24) is 9.78 Å². The highest BCUT2D eigenvalue weighted by atomic mass is 16.3. The van der Waals surface area contributed by atoms with Crippen molar-refractivity contribution in [3.63, 3.8) is 0 Å². The van der Waals surface area contributed by atoms with Crippen LogP contribution >= 0.6 is 0 Å². The Hall–Kier alpha value is -3.28. The van der Waals surface area contributed by atoms with Crippen molar-refractivity contribution in [3.05, 3.63) is 67.0 Å². The van der Waals surface area contributed by atoms with Crippen LogP contribution in [0.15, 0.2) is 67.0 Å². The van der Waals surface area contributed by atoms with E-state index in [0.717, 1.165) is 5.69 Å². The van der Waals surface area contributed by atoms with E-state index in [2.05, 4.69) is 15.7 Å². The Labute approximate surface area is 127 Å². The largest absolute Gasteiger partial charge is 0.508 e. The van der Waals surface area contributed by atoms with Gasteiger partial charge in [-0.1, -0.05) is 12.1 Å². The highest BCUT2D eigenvalue weighted by Crippen LogP contribution is 2.20. The van der Waals surface area contributed by atoms with Gasteiger partial charge in [-0.3, -0.25) is 0 Å². The molecule has 0 saturated carbocycles. The Morgan fingerprint density at radius 3 is 2.50 bits per heavy atom. The highest BCUT2D eigenvalue weighted by molar-refractivity contribution is 6.00. The fourth-order valence-electron chi connectivity index (χ4n) is 2.02. The fourth-order valence-corrected chi connectivity index (χ4v) is 2.02. The molecule has 3 aromatic rings. The normalized spacial score (nSPS) is 10.2. The molecule has 0 radical (unpaired) electrons. The number of hydrogen-bond donors (Lipinski definition) is 3. The molecule has 2 amide bonds. The standard InChI is InChI=1S/C16H14N4O2/c21-13-8-6-12(7-9-13)18-16(22)19-14-4-1-2-5-15(14)20-11-3-10-17-20/h1-11,21H,(H2,18,19,22). The minimum absolute atomic E-state index is 0.148. The molecule has 0 aliphatic rings. The third kappa shape index (κ3) is 3.06. The average Bonchev–Trinajstić information content (AvgIpc) is 3.04. The van der Waals surface area contributed by atoms with Crippen molar-refractivity contribution in [2.75, 3.05) is 10.6 Å². The molecule has 1 heterocycles. The highest BCUT2D eigenvalue weighted by Gasteiger charge is 2.08. The lowest BCUT2D eigenvalue weighted by Crippen LogP contribution is -2.20. The summed E-state index contributed by atoms with van der Waals surface area (Å²) in [5.41, 5.74) is 2.00. The molecule has 0 aliphatic heterocycles. The van der Waals surface area contributed by atoms with Crippen LogP contribution in [-0.2, 0) is 0 Å². The van der Waals surface area contributed by atoms with Gasteiger partial charge in [-0.15, -0.1) is 0 Å². The number of aromatic hydroxyl groups is 1. The quantitative estimate of drug-likeness (QED) is 0.649. The zero-order chi connectivity index (χ0) is 15.4. The molecule has 6 nitrogen and oxygen atoms in total. The summed E-state index contributed by atoms with van der Waals surface area (Å²) >= 11 is 0. The molecule has 0 bridgehead atoms. The molecule has 0 saturated heterocycles. The van der Waals surface area contributed by atoms with Crippen molar-refractivity contribution in [1.29, 1.82) is 0 Å². The maximum atomic E-state index is 12.1. The molecule has 0 aliphatic carbocycles. The van der Waals surface area contributed by atoms with Crippen molar-refractivity contribution in [3.8, 4) is 11.4 Å². The molecule has 0 fully saturated rings. The van der Waals surface area contributed by atoms with Gasteiger partial charge in [0, 0.05) is 18.1 Å². The molecular formula is C16H14N4O2. The van der Waals surface area contributed by atoms with Gasteiger partial charge in [0.25, 0.3) is 0 Å². The number of phenols is 1. The predicted octanol–water partition coefficient (Wildman–Crippen LogP) is 3.22. The van der Waals surface area contributed by atoms with Crippen LogP contribution in [0.5, 0.6) is 5.75 Å². The second kappa shape index (κ2) is 6.01. The van der Waals surface area contributed by atoms with E-state index in [1.54, 1.807) is 35.3 Å². The fraction of sp³-hybridized carbons (Fsp3) is 0. The second-order valence-corrected chi connectivity index (χ2v) is 4.59. The van der Waals surface area contributed by atoms with Crippen molar-refractivity contribution >= 4 is 17.4 Å². The number of nitrogens with one attached hydrogen (secondary N) is 2. The molecule has 3 rings (SSSR count). The minimum atomic E-state index is -0.370. The van der Waals surface area contributed by atoms with Crippen LogP contribution in [0.3, 0.4) is 0 Å². The summed E-state index contributed by atoms with van der Waals surface area (Å²) < 4.78 is 1.68. The van der Waals surface area contributed by atoms with Gasteiger partial charge in [-0.2, -0.15) is 5.10 Å². The molecule has 0 unspecified atom stereocenters. The predicted molar refractivity (Wildman–Crippen MR) is 84.3 cm³/mol. The van der Waals surface area contributed by atoms with E-state index >= 15 is 0 Å². The van der Waals surface area contributed by atoms with Gasteiger partial charge < -0.3 is 15.7 Å². The molecule has 2 aromatic carbocycles. The summed E-state index contributed by atoms with van der Waals surface area (Å²) in [6, 6.07) is 15.1. The van der Waals surface area contributed by atoms with Gasteiger partial charge in [-0.25, -0.2) is 9.48 Å². The zero-order valence-electron chi connectivity index (χ0n) is 11.6. The number of para-hydroxylation sites is 2. The summed E-state index contributed by atoms with van der Waals surface area (Å²) in [7, 11) is 0. The number of benzene rings is 2. The third-order valence-electron chi connectivity index (χ3n) is 3.03. The van der Waals surface area contributed by atoms with E-state index in [4.69, 9.17) is 0 Å². The van der Waals surface area contributed by atoms with Crippen LogP contribution in [0, 0.1) is 0 Å². The molecular weight excluding hydrogens is 280 g/mol. The summed E-state index contributed by atoms with van der Waals surface area (Å²) in [4.78, 5) is 12.1. The number of carbonyl (C=O) groups excluding carboxylic acids is 1. The monoisotopic (exact) mass is 294 g/mol. The van der Waals surface area contributed by atoms with Crippen molar-refractivity contribution in [2.24, 2.45) is 0 Å². The van der Waals surface area contributed by atoms with E-state index in [0.29, 0.717) is 11.4 Å². The molecule has 110 valence electrons. The van der Waals surface area contributed by atoms with Gasteiger partial charge in [-0.05, 0) is 42.5 Å². The van der Waals surface area contributed by atoms with Gasteiger partial charge in [0.15, 0.2) is 0 Å². The second-order valence-electron chi connectivity index (χ2n) is 4.59. The average molecular weight is 294 g/mol. The van der Waals surface area contributed by atoms with Gasteiger partial charge in [0.05, 0.1) is 11.4 Å². The molecule has 3 N–H and O–H groups in total. The van der Waals surface area contributed by atoms with Crippen LogP contribution in [0.2, 0.25) is 0 Å². The zero-order valence-corrected chi connectivity index (χ0v) is 11.6. The lowest BCUT2D eigenvalue weighted by molar-refractivity contribution is 0.262. The van der Waals surface area contributed by atoms with Crippen LogP contribution < -0.4 is 10.6 Å². The lowest BCUT2D eigenvalue weighted by Gasteiger charge is -2.12. The van der Waals surface area contributed by atoms with Crippen LogP contribution in [0.1, 0.15) is 0 Å². The Bertz CT molecular complexity index is 767. The topological polar surface area (TPSA) is 79.2 Å². The van der Waals surface area contributed by atoms with Crippen molar-refractivity contribution in [2.45, 2.75) is 0 Å². The molecule has 22 heavy (non-hydrogen) atoms. The number of nitrogens with zero attached hydrogens (tertiary/aromatic N) is 2. The Morgan fingerprint density at radius 2 is 1.77 bits per heavy atom. The maximum Gasteiger partial charge on any atom is 0.323 e. The SMILES string of the molecule is O=C(Nc1ccc(O)cc1)Nc1ccccc1-n1cccn1. The van der Waals surface area contributed by atoms with E-state index in [-0.39, 0.29) is 11.8 Å². The Morgan fingerprint density at radius 1 is 1.00 bits per heavy atom. The number of carbonyl (C=O) groups is 1. The van der Waals surface area contributed by atoms with Gasteiger partial charge >= 0.3 is 6.03 Å². The number of aromatic nitrogens is 2. The van der Waals surface area contributed by atoms with Crippen LogP contribution in [0.4, 0.5) is 16.2 Å². The summed E-state index contributed by atoms with van der Waals surface area (Å²) in [6.07, 6.45) is 3.48. The summed E-state index contributed by atoms with van der Waals surface area (Å²) in [5, 5.41) is 18.9. The number of urea groups is 1. The van der Waals surface area contributed by atoms with E-state index in [1.165, 1.54) is 12.1 Å². The Balaban J connectivity index is 1.76. The summed E-state index contributed by atoms with van der Waals surface area (Å²) in [6.45, 7) is 0. The number of anilines is 2. The minimum Gasteiger partial charge on any atom is -0.508 e. The van der Waals surface area contributed by atoms with E-state index in [9.17, 15) is 9.90 Å². The first-order chi connectivity index (χ1) is 10.7. The first-order valence-electron chi connectivity index (χ1n) is 6.68. The maximum absolute atomic E-state index is 12.1. The number of rotatable bonds is 3. The molecule has 0 atom stereocenters.